The largest absolute Gasteiger partial charge is 0.324 e. The molecular formula is C17H24ClN3O. The third-order valence-electron chi connectivity index (χ3n) is 4.60. The zero-order valence-corrected chi connectivity index (χ0v) is 13.8. The van der Waals surface area contributed by atoms with E-state index in [1.54, 1.807) is 0 Å². The van der Waals surface area contributed by atoms with E-state index in [0.717, 1.165) is 31.9 Å². The number of benzene rings is 1. The lowest BCUT2D eigenvalue weighted by molar-refractivity contribution is 0.205. The minimum absolute atomic E-state index is 0.108. The third kappa shape index (κ3) is 3.73. The first-order valence-corrected chi connectivity index (χ1v) is 8.66. The van der Waals surface area contributed by atoms with E-state index in [1.807, 2.05) is 34.1 Å². The van der Waals surface area contributed by atoms with Gasteiger partial charge in [0.25, 0.3) is 0 Å². The van der Waals surface area contributed by atoms with Crippen molar-refractivity contribution in [1.82, 2.24) is 9.80 Å². The van der Waals surface area contributed by atoms with Gasteiger partial charge in [0.05, 0.1) is 0 Å². The minimum Gasteiger partial charge on any atom is -0.321 e. The number of likely N-dealkylation sites (tertiary alicyclic amines) is 1. The number of nitrogens with zero attached hydrogens (tertiary/aromatic N) is 3. The van der Waals surface area contributed by atoms with Crippen LogP contribution in [0.25, 0.3) is 0 Å². The summed E-state index contributed by atoms with van der Waals surface area (Å²) in [6.45, 7) is 5.74. The predicted molar refractivity (Wildman–Crippen MR) is 90.7 cm³/mol. The van der Waals surface area contributed by atoms with E-state index < -0.39 is 0 Å². The first-order valence-electron chi connectivity index (χ1n) is 8.28. The Hall–Kier alpha value is -1.26. The van der Waals surface area contributed by atoms with E-state index >= 15 is 0 Å². The number of halogens is 1. The molecule has 2 heterocycles. The zero-order chi connectivity index (χ0) is 15.4. The van der Waals surface area contributed by atoms with Crippen molar-refractivity contribution in [3.63, 3.8) is 0 Å². The molecule has 0 atom stereocenters. The van der Waals surface area contributed by atoms with E-state index in [2.05, 4.69) is 4.90 Å². The molecule has 0 aromatic heterocycles. The number of rotatable bonds is 4. The van der Waals surface area contributed by atoms with Crippen LogP contribution in [0.1, 0.15) is 25.7 Å². The smallest absolute Gasteiger partial charge is 0.321 e. The molecule has 1 aromatic rings. The summed E-state index contributed by atoms with van der Waals surface area (Å²) in [4.78, 5) is 18.8. The fourth-order valence-electron chi connectivity index (χ4n) is 3.30. The van der Waals surface area contributed by atoms with Gasteiger partial charge < -0.3 is 9.80 Å². The first-order chi connectivity index (χ1) is 10.7. The van der Waals surface area contributed by atoms with Crippen LogP contribution in [-0.4, -0.2) is 55.1 Å². The number of amides is 2. The summed E-state index contributed by atoms with van der Waals surface area (Å²) in [5.74, 6) is 0. The molecule has 5 heteroatoms. The molecule has 3 rings (SSSR count). The Labute approximate surface area is 137 Å². The maximum Gasteiger partial charge on any atom is 0.324 e. The van der Waals surface area contributed by atoms with Gasteiger partial charge in [-0.1, -0.05) is 30.5 Å². The van der Waals surface area contributed by atoms with Crippen LogP contribution in [0.3, 0.4) is 0 Å². The lowest BCUT2D eigenvalue weighted by atomic mass is 10.2. The second kappa shape index (κ2) is 7.34. The molecule has 0 N–H and O–H groups in total. The quantitative estimate of drug-likeness (QED) is 0.849. The Kier molecular flexibility index (Phi) is 5.21. The van der Waals surface area contributed by atoms with Crippen LogP contribution in [0.2, 0.25) is 5.02 Å². The van der Waals surface area contributed by atoms with Gasteiger partial charge in [0.1, 0.15) is 0 Å². The van der Waals surface area contributed by atoms with E-state index in [1.165, 1.54) is 38.8 Å². The zero-order valence-electron chi connectivity index (χ0n) is 13.0. The van der Waals surface area contributed by atoms with Gasteiger partial charge >= 0.3 is 6.03 Å². The van der Waals surface area contributed by atoms with Crippen molar-refractivity contribution < 1.29 is 4.79 Å². The summed E-state index contributed by atoms with van der Waals surface area (Å²) < 4.78 is 0. The van der Waals surface area contributed by atoms with Crippen LogP contribution in [-0.2, 0) is 0 Å². The summed E-state index contributed by atoms with van der Waals surface area (Å²) in [6, 6.07) is 7.64. The lowest BCUT2D eigenvalue weighted by Gasteiger charge is -2.24. The highest BCUT2D eigenvalue weighted by atomic mass is 35.5. The highest BCUT2D eigenvalue weighted by Crippen LogP contribution is 2.23. The Morgan fingerprint density at radius 3 is 2.45 bits per heavy atom. The van der Waals surface area contributed by atoms with Gasteiger partial charge in [-0.25, -0.2) is 4.79 Å². The summed E-state index contributed by atoms with van der Waals surface area (Å²) in [6.07, 6.45) is 5.29. The standard InChI is InChI=1S/C17H24ClN3O/c18-15-6-5-7-16(14-15)21-13-12-20(17(21)22)11-10-19-8-3-1-2-4-9-19/h5-7,14H,1-4,8-13H2. The summed E-state index contributed by atoms with van der Waals surface area (Å²) in [5, 5.41) is 0.674. The fourth-order valence-corrected chi connectivity index (χ4v) is 3.48. The molecule has 2 amide bonds. The predicted octanol–water partition coefficient (Wildman–Crippen LogP) is 3.46. The molecule has 0 radical (unpaired) electrons. The number of hydrogen-bond acceptors (Lipinski definition) is 2. The van der Waals surface area contributed by atoms with Gasteiger partial charge in [0, 0.05) is 36.9 Å². The van der Waals surface area contributed by atoms with Gasteiger partial charge in [-0.05, 0) is 44.1 Å². The molecule has 0 bridgehead atoms. The molecule has 4 nitrogen and oxygen atoms in total. The van der Waals surface area contributed by atoms with Crippen LogP contribution in [0.15, 0.2) is 24.3 Å². The monoisotopic (exact) mass is 321 g/mol. The van der Waals surface area contributed by atoms with Crippen molar-refractivity contribution >= 4 is 23.3 Å². The molecule has 0 saturated carbocycles. The van der Waals surface area contributed by atoms with Crippen molar-refractivity contribution in [2.24, 2.45) is 0 Å². The number of anilines is 1. The number of urea groups is 1. The van der Waals surface area contributed by atoms with Crippen molar-refractivity contribution in [1.29, 1.82) is 0 Å². The Morgan fingerprint density at radius 1 is 0.955 bits per heavy atom. The van der Waals surface area contributed by atoms with Gasteiger partial charge in [-0.3, -0.25) is 4.90 Å². The molecule has 0 unspecified atom stereocenters. The molecule has 2 aliphatic rings. The fraction of sp³-hybridized carbons (Fsp3) is 0.588. The van der Waals surface area contributed by atoms with E-state index in [4.69, 9.17) is 11.6 Å². The van der Waals surface area contributed by atoms with Gasteiger partial charge in [-0.2, -0.15) is 0 Å². The summed E-state index contributed by atoms with van der Waals surface area (Å²) in [7, 11) is 0. The molecule has 2 fully saturated rings. The molecular weight excluding hydrogens is 298 g/mol. The molecule has 120 valence electrons. The van der Waals surface area contributed by atoms with Crippen LogP contribution in [0.4, 0.5) is 10.5 Å². The van der Waals surface area contributed by atoms with Crippen LogP contribution >= 0.6 is 11.6 Å². The number of carbonyl (C=O) groups is 1. The average Bonchev–Trinajstić information content (AvgIpc) is 2.73. The van der Waals surface area contributed by atoms with Crippen molar-refractivity contribution in [3.05, 3.63) is 29.3 Å². The van der Waals surface area contributed by atoms with Crippen molar-refractivity contribution in [2.45, 2.75) is 25.7 Å². The maximum absolute atomic E-state index is 12.5. The van der Waals surface area contributed by atoms with Crippen LogP contribution in [0, 0.1) is 0 Å². The van der Waals surface area contributed by atoms with Crippen LogP contribution in [0.5, 0.6) is 0 Å². The van der Waals surface area contributed by atoms with Gasteiger partial charge in [0.2, 0.25) is 0 Å². The highest BCUT2D eigenvalue weighted by molar-refractivity contribution is 6.30. The van der Waals surface area contributed by atoms with Crippen molar-refractivity contribution in [3.8, 4) is 0 Å². The van der Waals surface area contributed by atoms with Crippen molar-refractivity contribution in [2.75, 3.05) is 44.2 Å². The lowest BCUT2D eigenvalue weighted by Crippen LogP contribution is -2.38. The molecule has 0 aliphatic carbocycles. The third-order valence-corrected chi connectivity index (χ3v) is 4.83. The summed E-state index contributed by atoms with van der Waals surface area (Å²) >= 11 is 6.03. The second-order valence-electron chi connectivity index (χ2n) is 6.16. The number of carbonyl (C=O) groups excluding carboxylic acids is 1. The molecule has 22 heavy (non-hydrogen) atoms. The molecule has 0 spiro atoms. The van der Waals surface area contributed by atoms with E-state index in [9.17, 15) is 4.79 Å². The normalized spacial score (nSPS) is 20.5. The highest BCUT2D eigenvalue weighted by Gasteiger charge is 2.29. The maximum atomic E-state index is 12.5. The minimum atomic E-state index is 0.108. The number of hydrogen-bond donors (Lipinski definition) is 0. The van der Waals surface area contributed by atoms with Crippen LogP contribution < -0.4 is 4.90 Å². The van der Waals surface area contributed by atoms with E-state index in [-0.39, 0.29) is 6.03 Å². The van der Waals surface area contributed by atoms with Gasteiger partial charge in [0.15, 0.2) is 0 Å². The Bertz CT molecular complexity index is 514. The Morgan fingerprint density at radius 2 is 1.73 bits per heavy atom. The van der Waals surface area contributed by atoms with E-state index in [0.29, 0.717) is 5.02 Å². The molecule has 2 saturated heterocycles. The SMILES string of the molecule is O=C1N(CCN2CCCCCC2)CCN1c1cccc(Cl)c1. The second-order valence-corrected chi connectivity index (χ2v) is 6.59. The first kappa shape index (κ1) is 15.6. The topological polar surface area (TPSA) is 26.8 Å². The average molecular weight is 322 g/mol. The summed E-state index contributed by atoms with van der Waals surface area (Å²) in [5.41, 5.74) is 0.898. The van der Waals surface area contributed by atoms with Gasteiger partial charge in [-0.15, -0.1) is 0 Å². The molecule has 1 aromatic carbocycles. The Balaban J connectivity index is 1.54. The molecule has 2 aliphatic heterocycles.